The fourth-order valence-corrected chi connectivity index (χ4v) is 5.79. The van der Waals surface area contributed by atoms with Gasteiger partial charge in [0.2, 0.25) is 10.0 Å². The quantitative estimate of drug-likeness (QED) is 0.340. The molecule has 8 heteroatoms. The third-order valence-corrected chi connectivity index (χ3v) is 7.84. The van der Waals surface area contributed by atoms with E-state index in [1.54, 1.807) is 30.3 Å². The van der Waals surface area contributed by atoms with Crippen LogP contribution in [-0.4, -0.2) is 52.7 Å². The Balaban J connectivity index is 1.96. The summed E-state index contributed by atoms with van der Waals surface area (Å²) in [5.41, 5.74) is -0.368. The highest BCUT2D eigenvalue weighted by atomic mass is 32.2. The molecule has 1 amide bonds. The lowest BCUT2D eigenvalue weighted by Crippen LogP contribution is -2.54. The molecule has 7 nitrogen and oxygen atoms in total. The molecular weight excluding hydrogens is 476 g/mol. The molecule has 2 N–H and O–H groups in total. The number of carboxylic acid groups (broad SMARTS) is 1. The molecule has 192 valence electrons. The summed E-state index contributed by atoms with van der Waals surface area (Å²) in [5.74, 6) is 0.0330. The largest absolute Gasteiger partial charge is 0.465 e. The Hall–Kier alpha value is -3.20. The zero-order valence-electron chi connectivity index (χ0n) is 20.7. The van der Waals surface area contributed by atoms with E-state index in [9.17, 15) is 23.4 Å². The third kappa shape index (κ3) is 7.16. The number of hydrogen-bond donors (Lipinski definition) is 2. The Bertz CT molecular complexity index is 1200. The maximum Gasteiger partial charge on any atom is 0.409 e. The van der Waals surface area contributed by atoms with Crippen molar-refractivity contribution in [3.05, 3.63) is 102 Å². The summed E-state index contributed by atoms with van der Waals surface area (Å²) in [4.78, 5) is 13.6. The van der Waals surface area contributed by atoms with Crippen molar-refractivity contribution in [2.24, 2.45) is 5.92 Å². The fraction of sp³-hybridized carbons (Fsp3) is 0.321. The summed E-state index contributed by atoms with van der Waals surface area (Å²) in [6.07, 6.45) is -1.35. The van der Waals surface area contributed by atoms with Gasteiger partial charge in [0, 0.05) is 25.9 Å². The van der Waals surface area contributed by atoms with Crippen molar-refractivity contribution < 1.29 is 23.4 Å². The number of amides is 1. The number of sulfonamides is 1. The molecule has 0 bridgehead atoms. The van der Waals surface area contributed by atoms with E-state index in [-0.39, 0.29) is 43.3 Å². The lowest BCUT2D eigenvalue weighted by Gasteiger charge is -2.39. The van der Waals surface area contributed by atoms with E-state index in [2.05, 4.69) is 0 Å². The standard InChI is InChI=1S/C28H34N2O5S/c1-23(2)21-29(36(34,35)26-16-10-5-11-17-26)19-18-28(33,20-24-12-6-3-7-13-24)30(27(31)32)22-25-14-8-4-9-15-25/h3-17,23,33H,18-22H2,1-2H3,(H,31,32). The van der Waals surface area contributed by atoms with Crippen LogP contribution in [0.25, 0.3) is 0 Å². The number of carbonyl (C=O) groups is 1. The van der Waals surface area contributed by atoms with Crippen molar-refractivity contribution in [1.29, 1.82) is 0 Å². The Morgan fingerprint density at radius 3 is 1.86 bits per heavy atom. The van der Waals surface area contributed by atoms with Crippen molar-refractivity contribution in [3.63, 3.8) is 0 Å². The maximum atomic E-state index is 13.5. The maximum absolute atomic E-state index is 13.5. The molecule has 0 spiro atoms. The first kappa shape index (κ1) is 27.4. The van der Waals surface area contributed by atoms with Crippen molar-refractivity contribution in [3.8, 4) is 0 Å². The van der Waals surface area contributed by atoms with Gasteiger partial charge in [0.1, 0.15) is 5.72 Å². The number of aliphatic hydroxyl groups is 1. The molecule has 0 heterocycles. The Morgan fingerprint density at radius 2 is 1.36 bits per heavy atom. The van der Waals surface area contributed by atoms with Gasteiger partial charge in [-0.1, -0.05) is 92.7 Å². The third-order valence-electron chi connectivity index (χ3n) is 5.96. The molecule has 0 saturated carbocycles. The molecule has 3 aromatic rings. The van der Waals surface area contributed by atoms with Crippen molar-refractivity contribution in [1.82, 2.24) is 9.21 Å². The SMILES string of the molecule is CC(C)CN(CCC(O)(Cc1ccccc1)N(Cc1ccccc1)C(=O)O)S(=O)(=O)c1ccccc1. The molecule has 0 fully saturated rings. The van der Waals surface area contributed by atoms with Crippen LogP contribution in [0, 0.1) is 5.92 Å². The topological polar surface area (TPSA) is 98.2 Å². The lowest BCUT2D eigenvalue weighted by molar-refractivity contribution is -0.103. The average Bonchev–Trinajstić information content (AvgIpc) is 2.86. The summed E-state index contributed by atoms with van der Waals surface area (Å²) in [5, 5.41) is 22.0. The molecule has 1 atom stereocenters. The summed E-state index contributed by atoms with van der Waals surface area (Å²) in [6.45, 7) is 4.00. The van der Waals surface area contributed by atoms with E-state index >= 15 is 0 Å². The Kier molecular flexibility index (Phi) is 9.25. The highest BCUT2D eigenvalue weighted by Gasteiger charge is 2.39. The second-order valence-corrected chi connectivity index (χ2v) is 11.3. The molecule has 3 aromatic carbocycles. The van der Waals surface area contributed by atoms with Gasteiger partial charge >= 0.3 is 6.09 Å². The van der Waals surface area contributed by atoms with Gasteiger partial charge in [0.15, 0.2) is 0 Å². The molecule has 3 rings (SSSR count). The number of hydrogen-bond acceptors (Lipinski definition) is 4. The molecule has 0 aliphatic heterocycles. The van der Waals surface area contributed by atoms with E-state index in [0.717, 1.165) is 16.0 Å². The van der Waals surface area contributed by atoms with Gasteiger partial charge < -0.3 is 10.2 Å². The fourth-order valence-electron chi connectivity index (χ4n) is 4.16. The van der Waals surface area contributed by atoms with Crippen LogP contribution in [-0.2, 0) is 23.0 Å². The van der Waals surface area contributed by atoms with Crippen LogP contribution < -0.4 is 0 Å². The summed E-state index contributed by atoms with van der Waals surface area (Å²) < 4.78 is 28.2. The minimum absolute atomic E-state index is 0.0217. The molecule has 0 saturated heterocycles. The first-order chi connectivity index (χ1) is 17.1. The average molecular weight is 511 g/mol. The van der Waals surface area contributed by atoms with Gasteiger partial charge in [-0.25, -0.2) is 13.2 Å². The molecule has 1 unspecified atom stereocenters. The van der Waals surface area contributed by atoms with Crippen LogP contribution in [0.3, 0.4) is 0 Å². The number of benzene rings is 3. The minimum Gasteiger partial charge on any atom is -0.465 e. The minimum atomic E-state index is -3.84. The van der Waals surface area contributed by atoms with Gasteiger partial charge in [-0.3, -0.25) is 4.90 Å². The van der Waals surface area contributed by atoms with Crippen LogP contribution in [0.15, 0.2) is 95.9 Å². The Labute approximate surface area is 213 Å². The van der Waals surface area contributed by atoms with E-state index in [1.807, 2.05) is 62.4 Å². The van der Waals surface area contributed by atoms with Crippen LogP contribution in [0.2, 0.25) is 0 Å². The monoisotopic (exact) mass is 510 g/mol. The van der Waals surface area contributed by atoms with Crippen LogP contribution in [0.5, 0.6) is 0 Å². The van der Waals surface area contributed by atoms with Gasteiger partial charge in [-0.15, -0.1) is 0 Å². The molecule has 0 aliphatic carbocycles. The predicted octanol–water partition coefficient (Wildman–Crippen LogP) is 4.83. The molecular formula is C28H34N2O5S. The second-order valence-electron chi connectivity index (χ2n) is 9.32. The number of rotatable bonds is 12. The van der Waals surface area contributed by atoms with Gasteiger partial charge in [-0.2, -0.15) is 4.31 Å². The highest BCUT2D eigenvalue weighted by Crippen LogP contribution is 2.27. The van der Waals surface area contributed by atoms with Crippen LogP contribution in [0.1, 0.15) is 31.4 Å². The van der Waals surface area contributed by atoms with Crippen molar-refractivity contribution in [2.45, 2.75) is 43.9 Å². The van der Waals surface area contributed by atoms with Crippen LogP contribution >= 0.6 is 0 Å². The second kappa shape index (κ2) is 12.2. The molecule has 36 heavy (non-hydrogen) atoms. The molecule has 0 radical (unpaired) electrons. The van der Waals surface area contributed by atoms with E-state index < -0.39 is 21.8 Å². The smallest absolute Gasteiger partial charge is 0.409 e. The van der Waals surface area contributed by atoms with E-state index in [0.29, 0.717) is 0 Å². The predicted molar refractivity (Wildman–Crippen MR) is 140 cm³/mol. The summed E-state index contributed by atoms with van der Waals surface area (Å²) >= 11 is 0. The Morgan fingerprint density at radius 1 is 0.861 bits per heavy atom. The summed E-state index contributed by atoms with van der Waals surface area (Å²) in [7, 11) is -3.84. The summed E-state index contributed by atoms with van der Waals surface area (Å²) in [6, 6.07) is 26.3. The van der Waals surface area contributed by atoms with Gasteiger partial charge in [0.05, 0.1) is 11.4 Å². The normalized spacial score (nSPS) is 13.5. The molecule has 0 aromatic heterocycles. The zero-order valence-corrected chi connectivity index (χ0v) is 21.5. The van der Waals surface area contributed by atoms with E-state index in [1.165, 1.54) is 16.4 Å². The number of nitrogens with zero attached hydrogens (tertiary/aromatic N) is 2. The lowest BCUT2D eigenvalue weighted by atomic mass is 9.96. The van der Waals surface area contributed by atoms with Crippen molar-refractivity contribution >= 4 is 16.1 Å². The van der Waals surface area contributed by atoms with Gasteiger partial charge in [-0.05, 0) is 29.2 Å². The van der Waals surface area contributed by atoms with E-state index in [4.69, 9.17) is 0 Å². The molecule has 0 aliphatic rings. The first-order valence-electron chi connectivity index (χ1n) is 12.0. The van der Waals surface area contributed by atoms with Crippen molar-refractivity contribution in [2.75, 3.05) is 13.1 Å². The van der Waals surface area contributed by atoms with Gasteiger partial charge in [0.25, 0.3) is 0 Å². The zero-order chi connectivity index (χ0) is 26.2. The highest BCUT2D eigenvalue weighted by molar-refractivity contribution is 7.89. The van der Waals surface area contributed by atoms with Crippen LogP contribution in [0.4, 0.5) is 4.79 Å². The first-order valence-corrected chi connectivity index (χ1v) is 13.4.